The summed E-state index contributed by atoms with van der Waals surface area (Å²) in [5.74, 6) is 0. The second-order valence-corrected chi connectivity index (χ2v) is 26.8. The maximum atomic E-state index is 2.64. The van der Waals surface area contributed by atoms with Crippen molar-refractivity contribution in [2.24, 2.45) is 0 Å². The molecule has 0 nitrogen and oxygen atoms in total. The van der Waals surface area contributed by atoms with Crippen molar-refractivity contribution >= 4 is 6.08 Å². The van der Waals surface area contributed by atoms with Gasteiger partial charge in [-0.25, -0.2) is 0 Å². The molecule has 0 aromatic heterocycles. The molecule has 1 aromatic carbocycles. The molecule has 1 unspecified atom stereocenters. The van der Waals surface area contributed by atoms with Crippen molar-refractivity contribution in [2.75, 3.05) is 0 Å². The second-order valence-electron chi connectivity index (χ2n) is 6.32. The summed E-state index contributed by atoms with van der Waals surface area (Å²) in [7, 11) is 0. The molecule has 0 spiro atoms. The quantitative estimate of drug-likeness (QED) is 0.698. The van der Waals surface area contributed by atoms with Gasteiger partial charge in [-0.05, 0) is 0 Å². The molecule has 0 radical (unpaired) electrons. The maximum absolute atomic E-state index is 2.64. The zero-order chi connectivity index (χ0) is 11.8. The van der Waals surface area contributed by atoms with Crippen molar-refractivity contribution in [1.82, 2.24) is 0 Å². The fourth-order valence-corrected chi connectivity index (χ4v) is 11.3. The molecule has 1 atom stereocenters. The first-order valence-electron chi connectivity index (χ1n) is 6.48. The van der Waals surface area contributed by atoms with Gasteiger partial charge in [0.15, 0.2) is 0 Å². The summed E-state index contributed by atoms with van der Waals surface area (Å²) in [6, 6.07) is 8.94. The Hall–Kier alpha value is -0.157. The molecule has 1 aliphatic rings. The summed E-state index contributed by atoms with van der Waals surface area (Å²) in [4.78, 5) is 0. The van der Waals surface area contributed by atoms with Crippen LogP contribution in [0.4, 0.5) is 0 Å². The summed E-state index contributed by atoms with van der Waals surface area (Å²) in [5, 5.41) is 0. The van der Waals surface area contributed by atoms with E-state index < -0.39 is 18.8 Å². The van der Waals surface area contributed by atoms with Crippen molar-refractivity contribution in [1.29, 1.82) is 0 Å². The first-order valence-corrected chi connectivity index (χ1v) is 16.3. The Bertz CT molecular complexity index is 421. The van der Waals surface area contributed by atoms with Crippen LogP contribution in [0.5, 0.6) is 0 Å². The molecule has 1 aliphatic carbocycles. The van der Waals surface area contributed by atoms with Gasteiger partial charge in [0.25, 0.3) is 0 Å². The first-order chi connectivity index (χ1) is 7.50. The Balaban J connectivity index is 2.50. The molecule has 0 aliphatic heterocycles. The van der Waals surface area contributed by atoms with Gasteiger partial charge in [-0.1, -0.05) is 0 Å². The Morgan fingerprint density at radius 2 is 1.69 bits per heavy atom. The fraction of sp³-hybridized carbons (Fsp3) is 0.467. The summed E-state index contributed by atoms with van der Waals surface area (Å²) in [6.45, 7) is 4.81. The van der Waals surface area contributed by atoms with Crippen LogP contribution in [-0.2, 0) is 18.8 Å². The molecule has 0 fully saturated rings. The van der Waals surface area contributed by atoms with Gasteiger partial charge in [0, 0.05) is 0 Å². The average molecular weight is 295 g/mol. The molecule has 0 bridgehead atoms. The molecule has 1 aromatic rings. The minimum atomic E-state index is -2.52. The van der Waals surface area contributed by atoms with Gasteiger partial charge in [-0.15, -0.1) is 0 Å². The number of fused-ring (bicyclic) bond motifs is 1. The Morgan fingerprint density at radius 1 is 1.06 bits per heavy atom. The molecule has 0 heterocycles. The van der Waals surface area contributed by atoms with Gasteiger partial charge in [0.2, 0.25) is 0 Å². The third-order valence-electron chi connectivity index (χ3n) is 5.18. The molecule has 0 saturated heterocycles. The number of hydrogen-bond acceptors (Lipinski definition) is 0. The Kier molecular flexibility index (Phi) is 3.04. The van der Waals surface area contributed by atoms with Gasteiger partial charge in [0.05, 0.1) is 0 Å². The SMILES string of the molecule is C[CH2][Zr]([CH3])([CH3])([CH2]C)[CH]1C=Cc2ccccc21. The summed E-state index contributed by atoms with van der Waals surface area (Å²) in [6.07, 6.45) is 4.83. The average Bonchev–Trinajstić information content (AvgIpc) is 2.74. The van der Waals surface area contributed by atoms with Crippen LogP contribution in [0, 0.1) is 0 Å². The first kappa shape index (κ1) is 12.3. The second kappa shape index (κ2) is 3.95. The van der Waals surface area contributed by atoms with Crippen LogP contribution in [0.3, 0.4) is 0 Å². The summed E-state index contributed by atoms with van der Waals surface area (Å²) >= 11 is -2.52. The standard InChI is InChI=1S/C9H7.2C2H5.2CH3.Zr/c1-2-5-9-7-3-6-8(9)4-1;2*1-2;;;/h1-7H;2*1H2,2H3;2*1H3;. The van der Waals surface area contributed by atoms with Gasteiger partial charge in [0.1, 0.15) is 0 Å². The number of hydrogen-bond donors (Lipinski definition) is 0. The van der Waals surface area contributed by atoms with Gasteiger partial charge in [-0.2, -0.15) is 0 Å². The number of benzene rings is 1. The molecule has 2 rings (SSSR count). The Morgan fingerprint density at radius 3 is 2.31 bits per heavy atom. The van der Waals surface area contributed by atoms with Crippen molar-refractivity contribution in [2.45, 2.75) is 35.0 Å². The summed E-state index contributed by atoms with van der Waals surface area (Å²) in [5.41, 5.74) is 3.06. The molecule has 0 saturated carbocycles. The predicted molar refractivity (Wildman–Crippen MR) is 70.9 cm³/mol. The molecule has 0 N–H and O–H groups in total. The monoisotopic (exact) mass is 293 g/mol. The molecule has 0 amide bonds. The van der Waals surface area contributed by atoms with Crippen molar-refractivity contribution in [3.8, 4) is 0 Å². The number of allylic oxidation sites excluding steroid dienone is 1. The minimum absolute atomic E-state index is 0.771. The van der Waals surface area contributed by atoms with Crippen LogP contribution in [0.1, 0.15) is 28.6 Å². The van der Waals surface area contributed by atoms with Gasteiger partial charge in [-0.3, -0.25) is 0 Å². The van der Waals surface area contributed by atoms with E-state index in [9.17, 15) is 0 Å². The third-order valence-corrected chi connectivity index (χ3v) is 23.1. The zero-order valence-electron chi connectivity index (χ0n) is 11.0. The van der Waals surface area contributed by atoms with Crippen LogP contribution in [0.15, 0.2) is 30.3 Å². The van der Waals surface area contributed by atoms with Crippen LogP contribution >= 0.6 is 0 Å². The van der Waals surface area contributed by atoms with E-state index >= 15 is 0 Å². The van der Waals surface area contributed by atoms with Crippen LogP contribution in [0.2, 0.25) is 17.5 Å². The molecular weight excluding hydrogens is 271 g/mol. The van der Waals surface area contributed by atoms with Crippen LogP contribution in [0.25, 0.3) is 6.08 Å². The van der Waals surface area contributed by atoms with Crippen LogP contribution < -0.4 is 0 Å². The number of rotatable bonds is 3. The molecule has 16 heavy (non-hydrogen) atoms. The molecular formula is C15H23Zr. The Labute approximate surface area is 101 Å². The summed E-state index contributed by atoms with van der Waals surface area (Å²) < 4.78 is 8.88. The topological polar surface area (TPSA) is 0 Å². The van der Waals surface area contributed by atoms with E-state index in [2.05, 4.69) is 59.5 Å². The van der Waals surface area contributed by atoms with Crippen molar-refractivity contribution in [3.05, 3.63) is 41.5 Å². The van der Waals surface area contributed by atoms with Gasteiger partial charge >= 0.3 is 101 Å². The van der Waals surface area contributed by atoms with E-state index in [0.29, 0.717) is 0 Å². The third kappa shape index (κ3) is 1.78. The van der Waals surface area contributed by atoms with E-state index in [1.54, 1.807) is 5.56 Å². The molecule has 87 valence electrons. The predicted octanol–water partition coefficient (Wildman–Crippen LogP) is 5.42. The van der Waals surface area contributed by atoms with Crippen molar-refractivity contribution < 1.29 is 18.8 Å². The van der Waals surface area contributed by atoms with E-state index in [-0.39, 0.29) is 0 Å². The van der Waals surface area contributed by atoms with E-state index in [1.165, 1.54) is 13.8 Å². The fourth-order valence-electron chi connectivity index (χ4n) is 2.80. The van der Waals surface area contributed by atoms with Crippen molar-refractivity contribution in [3.63, 3.8) is 0 Å². The van der Waals surface area contributed by atoms with Gasteiger partial charge < -0.3 is 0 Å². The normalized spacial score (nSPS) is 21.5. The van der Waals surface area contributed by atoms with E-state index in [0.717, 1.165) is 3.63 Å². The van der Waals surface area contributed by atoms with E-state index in [1.807, 2.05) is 0 Å². The zero-order valence-corrected chi connectivity index (χ0v) is 13.4. The molecule has 1 heteroatoms. The van der Waals surface area contributed by atoms with E-state index in [4.69, 9.17) is 0 Å². The van der Waals surface area contributed by atoms with Crippen LogP contribution in [-0.4, -0.2) is 0 Å².